The average Bonchev–Trinajstić information content (AvgIpc) is 2.55. The zero-order valence-corrected chi connectivity index (χ0v) is 15.4. The molecule has 1 heteroatoms. The first kappa shape index (κ1) is 19.2. The van der Waals surface area contributed by atoms with Crippen molar-refractivity contribution in [1.82, 2.24) is 0 Å². The third-order valence-corrected chi connectivity index (χ3v) is 4.27. The van der Waals surface area contributed by atoms with Crippen molar-refractivity contribution < 1.29 is 5.11 Å². The standard InChI is InChI=1S/C20H24.C2H6O/c1-6-16(3)17-9-13-19(14-10-17)20(4,5)18-11-7-15(2)8-12-18;1-2-3/h6-14H,1-5H3;3H,2H2,1H3. The largest absolute Gasteiger partial charge is 0.397 e. The lowest BCUT2D eigenvalue weighted by Gasteiger charge is -2.26. The number of aliphatic hydroxyl groups is 1. The summed E-state index contributed by atoms with van der Waals surface area (Å²) in [7, 11) is 0. The summed E-state index contributed by atoms with van der Waals surface area (Å²) in [5.41, 5.74) is 6.69. The molecule has 0 aliphatic carbocycles. The van der Waals surface area contributed by atoms with Gasteiger partial charge in [0.1, 0.15) is 0 Å². The van der Waals surface area contributed by atoms with Crippen LogP contribution in [0.4, 0.5) is 0 Å². The Morgan fingerprint density at radius 1 is 0.957 bits per heavy atom. The summed E-state index contributed by atoms with van der Waals surface area (Å²) >= 11 is 0. The fraction of sp³-hybridized carbons (Fsp3) is 0.364. The highest BCUT2D eigenvalue weighted by atomic mass is 16.2. The van der Waals surface area contributed by atoms with Crippen LogP contribution < -0.4 is 0 Å². The van der Waals surface area contributed by atoms with E-state index in [1.165, 1.54) is 27.8 Å². The van der Waals surface area contributed by atoms with E-state index in [1.54, 1.807) is 6.92 Å². The number of aliphatic hydroxyl groups excluding tert-OH is 1. The molecular formula is C22H30O. The summed E-state index contributed by atoms with van der Waals surface area (Å²) in [6, 6.07) is 17.8. The molecule has 1 N–H and O–H groups in total. The normalized spacial score (nSPS) is 11.7. The Labute approximate surface area is 141 Å². The molecule has 0 fully saturated rings. The fourth-order valence-corrected chi connectivity index (χ4v) is 2.45. The molecule has 2 aromatic carbocycles. The van der Waals surface area contributed by atoms with Gasteiger partial charge in [0.15, 0.2) is 0 Å². The van der Waals surface area contributed by atoms with E-state index >= 15 is 0 Å². The Balaban J connectivity index is 0.000000816. The van der Waals surface area contributed by atoms with Gasteiger partial charge in [-0.15, -0.1) is 0 Å². The first-order valence-electron chi connectivity index (χ1n) is 8.28. The molecule has 0 aliphatic heterocycles. The van der Waals surface area contributed by atoms with Crippen LogP contribution in [0.15, 0.2) is 54.6 Å². The molecule has 1 nitrogen and oxygen atoms in total. The maximum Gasteiger partial charge on any atom is 0.0402 e. The highest BCUT2D eigenvalue weighted by Gasteiger charge is 2.22. The Morgan fingerprint density at radius 2 is 1.35 bits per heavy atom. The molecule has 2 aromatic rings. The molecule has 124 valence electrons. The lowest BCUT2D eigenvalue weighted by atomic mass is 9.77. The summed E-state index contributed by atoms with van der Waals surface area (Å²) < 4.78 is 0. The molecule has 0 amide bonds. The van der Waals surface area contributed by atoms with Crippen LogP contribution in [0.5, 0.6) is 0 Å². The molecule has 0 bridgehead atoms. The zero-order chi connectivity index (χ0) is 17.5. The lowest BCUT2D eigenvalue weighted by Crippen LogP contribution is -2.18. The van der Waals surface area contributed by atoms with Crippen molar-refractivity contribution in [2.24, 2.45) is 0 Å². The molecule has 0 atom stereocenters. The predicted molar refractivity (Wildman–Crippen MR) is 102 cm³/mol. The number of aryl methyl sites for hydroxylation is 1. The molecular weight excluding hydrogens is 280 g/mol. The molecule has 0 saturated heterocycles. The van der Waals surface area contributed by atoms with E-state index in [0.717, 1.165) is 0 Å². The minimum atomic E-state index is 0.0378. The van der Waals surface area contributed by atoms with Crippen molar-refractivity contribution in [3.63, 3.8) is 0 Å². The molecule has 0 unspecified atom stereocenters. The average molecular weight is 310 g/mol. The minimum Gasteiger partial charge on any atom is -0.397 e. The van der Waals surface area contributed by atoms with Crippen LogP contribution in [-0.4, -0.2) is 11.7 Å². The van der Waals surface area contributed by atoms with Crippen molar-refractivity contribution in [1.29, 1.82) is 0 Å². The molecule has 0 radical (unpaired) electrons. The summed E-state index contributed by atoms with van der Waals surface area (Å²) in [6.07, 6.45) is 2.15. The monoisotopic (exact) mass is 310 g/mol. The van der Waals surface area contributed by atoms with Crippen LogP contribution in [0.2, 0.25) is 0 Å². The summed E-state index contributed by atoms with van der Waals surface area (Å²) in [5, 5.41) is 7.57. The van der Waals surface area contributed by atoms with Gasteiger partial charge in [0.2, 0.25) is 0 Å². The highest BCUT2D eigenvalue weighted by Crippen LogP contribution is 2.32. The Hall–Kier alpha value is -1.86. The van der Waals surface area contributed by atoms with Crippen LogP contribution in [0.3, 0.4) is 0 Å². The van der Waals surface area contributed by atoms with Gasteiger partial charge in [-0.1, -0.05) is 74.0 Å². The summed E-state index contributed by atoms with van der Waals surface area (Å²) in [6.45, 7) is 12.9. The van der Waals surface area contributed by atoms with E-state index in [9.17, 15) is 0 Å². The van der Waals surface area contributed by atoms with Crippen LogP contribution in [-0.2, 0) is 5.41 Å². The van der Waals surface area contributed by atoms with E-state index in [-0.39, 0.29) is 12.0 Å². The second-order valence-corrected chi connectivity index (χ2v) is 6.36. The van der Waals surface area contributed by atoms with Gasteiger partial charge in [-0.05, 0) is 50.0 Å². The second kappa shape index (κ2) is 8.69. The number of allylic oxidation sites excluding steroid dienone is 2. The van der Waals surface area contributed by atoms with Gasteiger partial charge < -0.3 is 5.11 Å². The minimum absolute atomic E-state index is 0.0378. The maximum absolute atomic E-state index is 7.57. The van der Waals surface area contributed by atoms with Crippen molar-refractivity contribution in [2.75, 3.05) is 6.61 Å². The molecule has 2 rings (SSSR count). The maximum atomic E-state index is 7.57. The third-order valence-electron chi connectivity index (χ3n) is 4.27. The van der Waals surface area contributed by atoms with Crippen molar-refractivity contribution in [3.05, 3.63) is 76.9 Å². The molecule has 0 saturated carbocycles. The van der Waals surface area contributed by atoms with Crippen LogP contribution in [0, 0.1) is 6.92 Å². The van der Waals surface area contributed by atoms with Crippen LogP contribution >= 0.6 is 0 Å². The zero-order valence-electron chi connectivity index (χ0n) is 15.4. The number of rotatable bonds is 3. The van der Waals surface area contributed by atoms with Crippen LogP contribution in [0.1, 0.15) is 56.9 Å². The Kier molecular flexibility index (Phi) is 7.25. The predicted octanol–water partition coefficient (Wildman–Crippen LogP) is 5.74. The first-order valence-corrected chi connectivity index (χ1v) is 8.28. The van der Waals surface area contributed by atoms with E-state index in [2.05, 4.69) is 89.2 Å². The summed E-state index contributed by atoms with van der Waals surface area (Å²) in [4.78, 5) is 0. The van der Waals surface area contributed by atoms with E-state index in [0.29, 0.717) is 0 Å². The molecule has 0 heterocycles. The molecule has 0 aliphatic rings. The first-order chi connectivity index (χ1) is 10.9. The molecule has 23 heavy (non-hydrogen) atoms. The van der Waals surface area contributed by atoms with Gasteiger partial charge in [-0.3, -0.25) is 0 Å². The van der Waals surface area contributed by atoms with Crippen molar-refractivity contribution in [2.45, 2.75) is 47.0 Å². The fourth-order valence-electron chi connectivity index (χ4n) is 2.45. The van der Waals surface area contributed by atoms with Gasteiger partial charge in [0, 0.05) is 12.0 Å². The topological polar surface area (TPSA) is 20.2 Å². The SMILES string of the molecule is CC=C(C)c1ccc(C(C)(C)c2ccc(C)cc2)cc1.CCO. The third kappa shape index (κ3) is 5.07. The Morgan fingerprint density at radius 3 is 1.74 bits per heavy atom. The van der Waals surface area contributed by atoms with E-state index in [4.69, 9.17) is 5.11 Å². The summed E-state index contributed by atoms with van der Waals surface area (Å²) in [5.74, 6) is 0. The van der Waals surface area contributed by atoms with Gasteiger partial charge in [-0.25, -0.2) is 0 Å². The van der Waals surface area contributed by atoms with Gasteiger partial charge in [0.05, 0.1) is 0 Å². The highest BCUT2D eigenvalue weighted by molar-refractivity contribution is 5.63. The number of benzene rings is 2. The van der Waals surface area contributed by atoms with Crippen molar-refractivity contribution >= 4 is 5.57 Å². The van der Waals surface area contributed by atoms with Gasteiger partial charge >= 0.3 is 0 Å². The molecule has 0 aromatic heterocycles. The number of hydrogen-bond donors (Lipinski definition) is 1. The lowest BCUT2D eigenvalue weighted by molar-refractivity contribution is 0.318. The van der Waals surface area contributed by atoms with E-state index < -0.39 is 0 Å². The number of hydrogen-bond acceptors (Lipinski definition) is 1. The van der Waals surface area contributed by atoms with Gasteiger partial charge in [-0.2, -0.15) is 0 Å². The smallest absolute Gasteiger partial charge is 0.0402 e. The second-order valence-electron chi connectivity index (χ2n) is 6.36. The van der Waals surface area contributed by atoms with Crippen molar-refractivity contribution in [3.8, 4) is 0 Å². The van der Waals surface area contributed by atoms with E-state index in [1.807, 2.05) is 0 Å². The Bertz CT molecular complexity index is 616. The van der Waals surface area contributed by atoms with Gasteiger partial charge in [0.25, 0.3) is 0 Å². The van der Waals surface area contributed by atoms with Crippen LogP contribution in [0.25, 0.3) is 5.57 Å². The molecule has 0 spiro atoms. The quantitative estimate of drug-likeness (QED) is 0.766.